The fourth-order valence-electron chi connectivity index (χ4n) is 5.25. The van der Waals surface area contributed by atoms with Gasteiger partial charge in [-0.25, -0.2) is 4.79 Å². The summed E-state index contributed by atoms with van der Waals surface area (Å²) in [5.74, 6) is 0.764. The van der Waals surface area contributed by atoms with Crippen LogP contribution in [0.5, 0.6) is 5.75 Å². The summed E-state index contributed by atoms with van der Waals surface area (Å²) in [6.45, 7) is 7.01. The van der Waals surface area contributed by atoms with E-state index in [1.807, 2.05) is 42.5 Å². The van der Waals surface area contributed by atoms with Crippen molar-refractivity contribution in [3.63, 3.8) is 0 Å². The quantitative estimate of drug-likeness (QED) is 0.332. The first-order valence-electron chi connectivity index (χ1n) is 13.9. The van der Waals surface area contributed by atoms with Gasteiger partial charge in [0.05, 0.1) is 13.7 Å². The Bertz CT molecular complexity index is 959. The second kappa shape index (κ2) is 14.2. The first-order chi connectivity index (χ1) is 17.8. The normalized spacial score (nSPS) is 16.0. The minimum Gasteiger partial charge on any atom is -0.493 e. The zero-order valence-electron chi connectivity index (χ0n) is 23.1. The van der Waals surface area contributed by atoms with Gasteiger partial charge in [-0.3, -0.25) is 4.79 Å². The molecule has 1 aliphatic rings. The van der Waals surface area contributed by atoms with Crippen molar-refractivity contribution in [2.24, 2.45) is 17.3 Å². The second-order valence-electron chi connectivity index (χ2n) is 11.5. The number of hydrogen-bond donors (Lipinski definition) is 1. The third kappa shape index (κ3) is 9.53. The number of hydrogen-bond acceptors (Lipinski definition) is 4. The molecule has 1 N–H and O–H groups in total. The van der Waals surface area contributed by atoms with Crippen LogP contribution in [0.2, 0.25) is 0 Å². The summed E-state index contributed by atoms with van der Waals surface area (Å²) in [4.78, 5) is 26.0. The van der Waals surface area contributed by atoms with Crippen LogP contribution in [0.4, 0.5) is 0 Å². The number of amides is 1. The number of nitrogens with one attached hydrogen (secondary N) is 1. The van der Waals surface area contributed by atoms with Crippen LogP contribution in [-0.4, -0.2) is 31.6 Å². The molecule has 5 nitrogen and oxygen atoms in total. The molecule has 2 atom stereocenters. The minimum absolute atomic E-state index is 0.0941. The zero-order valence-corrected chi connectivity index (χ0v) is 23.1. The van der Waals surface area contributed by atoms with Crippen molar-refractivity contribution >= 4 is 11.9 Å². The van der Waals surface area contributed by atoms with E-state index in [1.165, 1.54) is 44.8 Å². The summed E-state index contributed by atoms with van der Waals surface area (Å²) in [5.41, 5.74) is 2.00. The number of methoxy groups -OCH3 is 1. The molecular weight excluding hydrogens is 462 g/mol. The van der Waals surface area contributed by atoms with Crippen molar-refractivity contribution in [2.75, 3.05) is 13.7 Å². The van der Waals surface area contributed by atoms with Gasteiger partial charge in [-0.1, -0.05) is 82.5 Å². The number of carbonyl (C=O) groups is 2. The molecule has 0 aliphatic heterocycles. The molecule has 0 heterocycles. The monoisotopic (exact) mass is 507 g/mol. The summed E-state index contributed by atoms with van der Waals surface area (Å²) in [6.07, 6.45) is 9.41. The summed E-state index contributed by atoms with van der Waals surface area (Å²) >= 11 is 0. The molecule has 1 fully saturated rings. The van der Waals surface area contributed by atoms with E-state index in [1.54, 1.807) is 0 Å². The van der Waals surface area contributed by atoms with Gasteiger partial charge in [-0.2, -0.15) is 0 Å². The molecule has 2 aromatic rings. The molecule has 0 unspecified atom stereocenters. The summed E-state index contributed by atoms with van der Waals surface area (Å²) in [7, 11) is 1.37. The van der Waals surface area contributed by atoms with Gasteiger partial charge >= 0.3 is 5.97 Å². The molecule has 0 aromatic heterocycles. The summed E-state index contributed by atoms with van der Waals surface area (Å²) in [6, 6.07) is 17.5. The number of aryl methyl sites for hydroxylation is 1. The summed E-state index contributed by atoms with van der Waals surface area (Å²) in [5, 5.41) is 3.01. The van der Waals surface area contributed by atoms with Crippen LogP contribution < -0.4 is 10.1 Å². The SMILES string of the molecule is COC(=O)[C@H](Cc1ccc(OCC2CCCCC2)cc1)NC(=O)[C@@H](CCCc1ccccc1)C(C)(C)C. The standard InChI is InChI=1S/C32H45NO4/c1-32(2,3)28(17-11-16-24-12-7-5-8-13-24)30(34)33-29(31(35)36-4)22-25-18-20-27(21-19-25)37-23-26-14-9-6-10-15-26/h5,7-8,12-13,18-21,26,28-29H,6,9-11,14-17,22-23H2,1-4H3,(H,33,34)/t28-,29+/m1/s1. The van der Waals surface area contributed by atoms with Gasteiger partial charge in [0, 0.05) is 12.3 Å². The molecule has 202 valence electrons. The predicted octanol–water partition coefficient (Wildman–Crippen LogP) is 6.53. The van der Waals surface area contributed by atoms with Gasteiger partial charge in [0.2, 0.25) is 5.91 Å². The molecule has 1 amide bonds. The van der Waals surface area contributed by atoms with Crippen LogP contribution in [-0.2, 0) is 27.2 Å². The highest BCUT2D eigenvalue weighted by Gasteiger charge is 2.33. The van der Waals surface area contributed by atoms with E-state index < -0.39 is 12.0 Å². The molecule has 0 bridgehead atoms. The van der Waals surface area contributed by atoms with E-state index in [-0.39, 0.29) is 17.2 Å². The van der Waals surface area contributed by atoms with Gasteiger partial charge in [0.25, 0.3) is 0 Å². The van der Waals surface area contributed by atoms with Crippen molar-refractivity contribution in [3.05, 3.63) is 65.7 Å². The molecule has 0 radical (unpaired) electrons. The number of benzene rings is 2. The first-order valence-corrected chi connectivity index (χ1v) is 13.9. The Balaban J connectivity index is 1.58. The average molecular weight is 508 g/mol. The topological polar surface area (TPSA) is 64.6 Å². The van der Waals surface area contributed by atoms with Gasteiger partial charge in [-0.15, -0.1) is 0 Å². The Morgan fingerprint density at radius 1 is 0.946 bits per heavy atom. The van der Waals surface area contributed by atoms with Gasteiger partial charge < -0.3 is 14.8 Å². The van der Waals surface area contributed by atoms with Crippen molar-refractivity contribution in [3.8, 4) is 5.75 Å². The van der Waals surface area contributed by atoms with Crippen LogP contribution in [0.3, 0.4) is 0 Å². The highest BCUT2D eigenvalue weighted by atomic mass is 16.5. The molecule has 1 saturated carbocycles. The van der Waals surface area contributed by atoms with Crippen molar-refractivity contribution in [1.29, 1.82) is 0 Å². The van der Waals surface area contributed by atoms with Gasteiger partial charge in [0.1, 0.15) is 11.8 Å². The van der Waals surface area contributed by atoms with Crippen molar-refractivity contribution in [1.82, 2.24) is 5.32 Å². The molecular formula is C32H45NO4. The molecule has 37 heavy (non-hydrogen) atoms. The highest BCUT2D eigenvalue weighted by molar-refractivity contribution is 5.86. The van der Waals surface area contributed by atoms with Crippen LogP contribution in [0.15, 0.2) is 54.6 Å². The third-order valence-corrected chi connectivity index (χ3v) is 7.54. The molecule has 5 heteroatoms. The van der Waals surface area contributed by atoms with Crippen molar-refractivity contribution < 1.29 is 19.1 Å². The lowest BCUT2D eigenvalue weighted by Crippen LogP contribution is -2.48. The first kappa shape index (κ1) is 28.7. The van der Waals surface area contributed by atoms with Crippen LogP contribution in [0.25, 0.3) is 0 Å². The van der Waals surface area contributed by atoms with E-state index in [4.69, 9.17) is 9.47 Å². The van der Waals surface area contributed by atoms with Crippen LogP contribution in [0.1, 0.15) is 76.8 Å². The van der Waals surface area contributed by atoms with E-state index in [0.717, 1.165) is 37.2 Å². The minimum atomic E-state index is -0.731. The van der Waals surface area contributed by atoms with E-state index in [2.05, 4.69) is 38.2 Å². The Kier molecular flexibility index (Phi) is 11.0. The fourth-order valence-corrected chi connectivity index (χ4v) is 5.25. The number of carbonyl (C=O) groups excluding carboxylic acids is 2. The van der Waals surface area contributed by atoms with Crippen LogP contribution >= 0.6 is 0 Å². The molecule has 1 aliphatic carbocycles. The Labute approximate surface area is 223 Å². The lowest BCUT2D eigenvalue weighted by Gasteiger charge is -2.31. The number of ether oxygens (including phenoxy) is 2. The van der Waals surface area contributed by atoms with E-state index in [0.29, 0.717) is 12.3 Å². The number of rotatable bonds is 12. The lowest BCUT2D eigenvalue weighted by molar-refractivity contribution is -0.146. The average Bonchev–Trinajstić information content (AvgIpc) is 2.90. The second-order valence-corrected chi connectivity index (χ2v) is 11.5. The molecule has 0 spiro atoms. The highest BCUT2D eigenvalue weighted by Crippen LogP contribution is 2.31. The van der Waals surface area contributed by atoms with Gasteiger partial charge in [0.15, 0.2) is 0 Å². The molecule has 3 rings (SSSR count). The molecule has 2 aromatic carbocycles. The van der Waals surface area contributed by atoms with Crippen LogP contribution in [0, 0.1) is 17.3 Å². The van der Waals surface area contributed by atoms with Gasteiger partial charge in [-0.05, 0) is 66.7 Å². The zero-order chi connectivity index (χ0) is 26.7. The maximum atomic E-state index is 13.4. The largest absolute Gasteiger partial charge is 0.493 e. The molecule has 0 saturated heterocycles. The van der Waals surface area contributed by atoms with Crippen molar-refractivity contribution in [2.45, 2.75) is 84.6 Å². The maximum absolute atomic E-state index is 13.4. The Hall–Kier alpha value is -2.82. The fraction of sp³-hybridized carbons (Fsp3) is 0.562. The van der Waals surface area contributed by atoms with E-state index in [9.17, 15) is 9.59 Å². The predicted molar refractivity (Wildman–Crippen MR) is 148 cm³/mol. The smallest absolute Gasteiger partial charge is 0.328 e. The maximum Gasteiger partial charge on any atom is 0.328 e. The van der Waals surface area contributed by atoms with E-state index >= 15 is 0 Å². The Morgan fingerprint density at radius 3 is 2.24 bits per heavy atom. The Morgan fingerprint density at radius 2 is 1.62 bits per heavy atom. The number of esters is 1. The summed E-state index contributed by atoms with van der Waals surface area (Å²) < 4.78 is 11.1. The lowest BCUT2D eigenvalue weighted by atomic mass is 9.77. The third-order valence-electron chi connectivity index (χ3n) is 7.54.